The molecular weight excluding hydrogens is 305 g/mol. The molecule has 0 bridgehead atoms. The van der Waals surface area contributed by atoms with Gasteiger partial charge in [-0.25, -0.2) is 0 Å². The molecule has 3 heteroatoms. The number of halogens is 1. The molecular formula is C11H16INS. The predicted molar refractivity (Wildman–Crippen MR) is 70.5 cm³/mol. The van der Waals surface area contributed by atoms with Crippen LogP contribution in [0.1, 0.15) is 43.5 Å². The summed E-state index contributed by atoms with van der Waals surface area (Å²) in [6.45, 7) is 2.37. The molecule has 0 saturated heterocycles. The van der Waals surface area contributed by atoms with Crippen LogP contribution >= 0.6 is 33.9 Å². The highest BCUT2D eigenvalue weighted by molar-refractivity contribution is 14.1. The van der Waals surface area contributed by atoms with Crippen LogP contribution in [0.3, 0.4) is 0 Å². The van der Waals surface area contributed by atoms with Crippen molar-refractivity contribution in [3.05, 3.63) is 19.9 Å². The Balaban J connectivity index is 2.02. The maximum absolute atomic E-state index is 6.24. The largest absolute Gasteiger partial charge is 0.323 e. The molecule has 1 aliphatic rings. The SMILES string of the molecule is CC1(CC(N)c2sccc2I)CCC1. The molecule has 0 radical (unpaired) electrons. The lowest BCUT2D eigenvalue weighted by Crippen LogP contribution is -2.30. The first-order chi connectivity index (χ1) is 6.61. The molecule has 14 heavy (non-hydrogen) atoms. The highest BCUT2D eigenvalue weighted by Crippen LogP contribution is 2.46. The second-order valence-electron chi connectivity index (χ2n) is 4.61. The zero-order chi connectivity index (χ0) is 10.2. The lowest BCUT2D eigenvalue weighted by Gasteiger charge is -2.40. The minimum Gasteiger partial charge on any atom is -0.323 e. The van der Waals surface area contributed by atoms with Crippen molar-refractivity contribution in [2.75, 3.05) is 0 Å². The summed E-state index contributed by atoms with van der Waals surface area (Å²) in [6, 6.07) is 2.41. The highest BCUT2D eigenvalue weighted by Gasteiger charge is 2.34. The van der Waals surface area contributed by atoms with E-state index >= 15 is 0 Å². The van der Waals surface area contributed by atoms with Gasteiger partial charge in [-0.05, 0) is 58.7 Å². The van der Waals surface area contributed by atoms with Crippen LogP contribution in [-0.4, -0.2) is 0 Å². The number of hydrogen-bond donors (Lipinski definition) is 1. The fourth-order valence-electron chi connectivity index (χ4n) is 2.18. The molecule has 2 rings (SSSR count). The van der Waals surface area contributed by atoms with Gasteiger partial charge in [-0.15, -0.1) is 11.3 Å². The van der Waals surface area contributed by atoms with E-state index in [0.717, 1.165) is 6.42 Å². The molecule has 2 N–H and O–H groups in total. The summed E-state index contributed by atoms with van der Waals surface area (Å²) in [4.78, 5) is 1.37. The Kier molecular flexibility index (Phi) is 3.19. The van der Waals surface area contributed by atoms with Crippen LogP contribution in [0, 0.1) is 8.99 Å². The van der Waals surface area contributed by atoms with E-state index in [2.05, 4.69) is 41.0 Å². The molecule has 1 heterocycles. The Labute approximate surface area is 103 Å². The maximum Gasteiger partial charge on any atom is 0.0405 e. The van der Waals surface area contributed by atoms with Crippen molar-refractivity contribution in [2.24, 2.45) is 11.1 Å². The third kappa shape index (κ3) is 2.14. The molecule has 1 unspecified atom stereocenters. The van der Waals surface area contributed by atoms with Crippen LogP contribution in [0.15, 0.2) is 11.4 Å². The fraction of sp³-hybridized carbons (Fsp3) is 0.636. The van der Waals surface area contributed by atoms with Gasteiger partial charge in [-0.3, -0.25) is 0 Å². The molecule has 0 spiro atoms. The summed E-state index contributed by atoms with van der Waals surface area (Å²) in [6.07, 6.45) is 5.28. The standard InChI is InChI=1S/C11H16INS/c1-11(4-2-5-11)7-9(13)10-8(12)3-6-14-10/h3,6,9H,2,4-5,7,13H2,1H3. The second kappa shape index (κ2) is 4.10. The third-order valence-corrected chi connectivity index (χ3v) is 5.61. The van der Waals surface area contributed by atoms with E-state index in [0.29, 0.717) is 5.41 Å². The number of hydrogen-bond acceptors (Lipinski definition) is 2. The lowest BCUT2D eigenvalue weighted by atomic mass is 9.67. The van der Waals surface area contributed by atoms with Gasteiger partial charge in [0.2, 0.25) is 0 Å². The monoisotopic (exact) mass is 321 g/mol. The molecule has 1 aromatic heterocycles. The van der Waals surface area contributed by atoms with E-state index in [1.54, 1.807) is 11.3 Å². The molecule has 0 aromatic carbocycles. The number of nitrogens with two attached hydrogens (primary N) is 1. The van der Waals surface area contributed by atoms with Crippen molar-refractivity contribution in [3.8, 4) is 0 Å². The average molecular weight is 321 g/mol. The van der Waals surface area contributed by atoms with Crippen molar-refractivity contribution in [2.45, 2.75) is 38.6 Å². The van der Waals surface area contributed by atoms with E-state index in [4.69, 9.17) is 5.73 Å². The first kappa shape index (κ1) is 10.9. The Morgan fingerprint density at radius 1 is 1.64 bits per heavy atom. The quantitative estimate of drug-likeness (QED) is 0.839. The number of rotatable bonds is 3. The zero-order valence-corrected chi connectivity index (χ0v) is 11.4. The van der Waals surface area contributed by atoms with Crippen LogP contribution in [0.25, 0.3) is 0 Å². The summed E-state index contributed by atoms with van der Waals surface area (Å²) in [5.41, 5.74) is 6.78. The molecule has 1 aliphatic carbocycles. The van der Waals surface area contributed by atoms with Crippen molar-refractivity contribution in [1.82, 2.24) is 0 Å². The first-order valence-corrected chi connectivity index (χ1v) is 7.05. The van der Waals surface area contributed by atoms with Crippen LogP contribution in [0.4, 0.5) is 0 Å². The molecule has 0 amide bonds. The minimum absolute atomic E-state index is 0.257. The van der Waals surface area contributed by atoms with Gasteiger partial charge in [0.05, 0.1) is 0 Å². The van der Waals surface area contributed by atoms with Gasteiger partial charge in [-0.1, -0.05) is 13.3 Å². The van der Waals surface area contributed by atoms with E-state index in [-0.39, 0.29) is 6.04 Å². The lowest BCUT2D eigenvalue weighted by molar-refractivity contribution is 0.135. The molecule has 78 valence electrons. The van der Waals surface area contributed by atoms with Crippen LogP contribution < -0.4 is 5.73 Å². The van der Waals surface area contributed by atoms with Gasteiger partial charge >= 0.3 is 0 Å². The van der Waals surface area contributed by atoms with Gasteiger partial charge in [0.15, 0.2) is 0 Å². The normalized spacial score (nSPS) is 21.6. The van der Waals surface area contributed by atoms with Gasteiger partial charge in [0.1, 0.15) is 0 Å². The zero-order valence-electron chi connectivity index (χ0n) is 8.42. The van der Waals surface area contributed by atoms with Crippen molar-refractivity contribution >= 4 is 33.9 Å². The predicted octanol–water partition coefficient (Wildman–Crippen LogP) is 3.93. The third-order valence-electron chi connectivity index (χ3n) is 3.25. The maximum atomic E-state index is 6.24. The van der Waals surface area contributed by atoms with Crippen LogP contribution in [0.2, 0.25) is 0 Å². The first-order valence-electron chi connectivity index (χ1n) is 5.09. The molecule has 1 saturated carbocycles. The minimum atomic E-state index is 0.257. The van der Waals surface area contributed by atoms with Crippen LogP contribution in [0.5, 0.6) is 0 Å². The Bertz CT molecular complexity index is 317. The molecule has 1 nitrogen and oxygen atoms in total. The topological polar surface area (TPSA) is 26.0 Å². The summed E-state index contributed by atoms with van der Waals surface area (Å²) in [5, 5.41) is 2.14. The smallest absolute Gasteiger partial charge is 0.0405 e. The van der Waals surface area contributed by atoms with E-state index in [1.165, 1.54) is 27.7 Å². The van der Waals surface area contributed by atoms with Crippen molar-refractivity contribution in [1.29, 1.82) is 0 Å². The second-order valence-corrected chi connectivity index (χ2v) is 6.72. The Hall–Kier alpha value is 0.390. The summed E-state index contributed by atoms with van der Waals surface area (Å²) in [7, 11) is 0. The molecule has 0 aliphatic heterocycles. The average Bonchev–Trinajstić information content (AvgIpc) is 2.48. The van der Waals surface area contributed by atoms with Gasteiger partial charge < -0.3 is 5.73 Å². The summed E-state index contributed by atoms with van der Waals surface area (Å²) >= 11 is 4.18. The molecule has 1 aromatic rings. The number of thiophene rings is 1. The van der Waals surface area contributed by atoms with Crippen molar-refractivity contribution < 1.29 is 0 Å². The highest BCUT2D eigenvalue weighted by atomic mass is 127. The van der Waals surface area contributed by atoms with Crippen molar-refractivity contribution in [3.63, 3.8) is 0 Å². The van der Waals surface area contributed by atoms with Gasteiger partial charge in [-0.2, -0.15) is 0 Å². The Morgan fingerprint density at radius 3 is 2.79 bits per heavy atom. The fourth-order valence-corrected chi connectivity index (χ4v) is 4.17. The Morgan fingerprint density at radius 2 is 2.36 bits per heavy atom. The van der Waals surface area contributed by atoms with Gasteiger partial charge in [0.25, 0.3) is 0 Å². The van der Waals surface area contributed by atoms with Gasteiger partial charge in [0, 0.05) is 14.5 Å². The van der Waals surface area contributed by atoms with Crippen LogP contribution in [-0.2, 0) is 0 Å². The summed E-state index contributed by atoms with van der Waals surface area (Å²) in [5.74, 6) is 0. The van der Waals surface area contributed by atoms with E-state index in [9.17, 15) is 0 Å². The van der Waals surface area contributed by atoms with E-state index in [1.807, 2.05) is 0 Å². The molecule has 1 atom stereocenters. The van der Waals surface area contributed by atoms with E-state index < -0.39 is 0 Å². The summed E-state index contributed by atoms with van der Waals surface area (Å²) < 4.78 is 1.34. The molecule has 1 fully saturated rings.